The van der Waals surface area contributed by atoms with Gasteiger partial charge in [0.05, 0.1) is 16.7 Å². The molecule has 1 aromatic carbocycles. The summed E-state index contributed by atoms with van der Waals surface area (Å²) in [5.41, 5.74) is -16.5. The first-order valence-electron chi connectivity index (χ1n) is 7.88. The van der Waals surface area contributed by atoms with Crippen LogP contribution in [0.4, 0.5) is 35.1 Å². The van der Waals surface area contributed by atoms with Gasteiger partial charge in [-0.3, -0.25) is 9.59 Å². The molecule has 0 heterocycles. The fraction of sp³-hybridized carbons (Fsp3) is 0.176. The first kappa shape index (κ1) is 25.3. The van der Waals surface area contributed by atoms with Crippen molar-refractivity contribution in [1.29, 1.82) is 0 Å². The zero-order valence-electron chi connectivity index (χ0n) is 15.1. The maximum Gasteiger partial charge on any atom is 0.412 e. The highest BCUT2D eigenvalue weighted by molar-refractivity contribution is 6.09. The van der Waals surface area contributed by atoms with Crippen molar-refractivity contribution in [3.8, 4) is 0 Å². The average molecular weight is 490 g/mol. The molecule has 0 saturated carbocycles. The first-order valence-corrected chi connectivity index (χ1v) is 7.88. The second kappa shape index (κ2) is 7.56. The van der Waals surface area contributed by atoms with Gasteiger partial charge < -0.3 is 20.4 Å². The Morgan fingerprint density at radius 2 is 1.03 bits per heavy atom. The summed E-state index contributed by atoms with van der Waals surface area (Å²) in [6.07, 6.45) is -8.00. The number of halogens is 8. The number of alkyl halides is 3. The number of carboxylic acids is 4. The van der Waals surface area contributed by atoms with Crippen molar-refractivity contribution in [2.24, 2.45) is 5.41 Å². The largest absolute Gasteiger partial charge is 0.480 e. The van der Waals surface area contributed by atoms with Crippen molar-refractivity contribution in [3.05, 3.63) is 57.9 Å². The van der Waals surface area contributed by atoms with E-state index in [4.69, 9.17) is 10.2 Å². The zero-order valence-corrected chi connectivity index (χ0v) is 15.1. The maximum absolute atomic E-state index is 14.4. The van der Waals surface area contributed by atoms with Crippen LogP contribution in [-0.2, 0) is 24.6 Å². The standard InChI is InChI=1S/C17H6F8O8/c18-6-5(7(19)9(21)10(22)8(6)20)15(13(30)31)1-4(12(28)29)16(14(32)33,17(23,24)25)2-3(15)11(26)27/h1-2H,(H,26,27)(H,28,29)(H,30,31)(H,32,33). The zero-order chi connectivity index (χ0) is 25.8. The third kappa shape index (κ3) is 3.20. The molecule has 4 N–H and O–H groups in total. The van der Waals surface area contributed by atoms with Gasteiger partial charge in [-0.15, -0.1) is 0 Å². The summed E-state index contributed by atoms with van der Waals surface area (Å²) in [5.74, 6) is -26.2. The highest BCUT2D eigenvalue weighted by atomic mass is 19.4. The molecule has 1 aliphatic carbocycles. The molecule has 0 amide bonds. The molecule has 16 heteroatoms. The van der Waals surface area contributed by atoms with E-state index in [2.05, 4.69) is 0 Å². The van der Waals surface area contributed by atoms with E-state index in [1.807, 2.05) is 0 Å². The van der Waals surface area contributed by atoms with Crippen molar-refractivity contribution in [2.45, 2.75) is 11.6 Å². The van der Waals surface area contributed by atoms with E-state index in [1.54, 1.807) is 0 Å². The number of benzene rings is 1. The van der Waals surface area contributed by atoms with Crippen LogP contribution in [0.5, 0.6) is 0 Å². The Morgan fingerprint density at radius 1 is 0.636 bits per heavy atom. The van der Waals surface area contributed by atoms with Crippen LogP contribution >= 0.6 is 0 Å². The van der Waals surface area contributed by atoms with E-state index < -0.39 is 98.8 Å². The molecule has 0 radical (unpaired) electrons. The van der Waals surface area contributed by atoms with Crippen LogP contribution in [-0.4, -0.2) is 50.5 Å². The number of carboxylic acid groups (broad SMARTS) is 4. The third-order valence-corrected chi connectivity index (χ3v) is 4.76. The van der Waals surface area contributed by atoms with Crippen molar-refractivity contribution >= 4 is 23.9 Å². The van der Waals surface area contributed by atoms with Crippen LogP contribution in [0.2, 0.25) is 0 Å². The predicted octanol–water partition coefficient (Wildman–Crippen LogP) is 2.37. The normalized spacial score (nSPS) is 22.9. The van der Waals surface area contributed by atoms with E-state index in [9.17, 15) is 64.5 Å². The number of hydrogen-bond donors (Lipinski definition) is 4. The highest BCUT2D eigenvalue weighted by Crippen LogP contribution is 2.54. The fourth-order valence-electron chi connectivity index (χ4n) is 3.25. The summed E-state index contributed by atoms with van der Waals surface area (Å²) in [7, 11) is 0. The first-order chi connectivity index (χ1) is 14.9. The summed E-state index contributed by atoms with van der Waals surface area (Å²) in [6.45, 7) is 0. The Morgan fingerprint density at radius 3 is 1.33 bits per heavy atom. The highest BCUT2D eigenvalue weighted by Gasteiger charge is 2.69. The monoisotopic (exact) mass is 490 g/mol. The van der Waals surface area contributed by atoms with E-state index >= 15 is 0 Å². The van der Waals surface area contributed by atoms with Gasteiger partial charge in [0, 0.05) is 0 Å². The van der Waals surface area contributed by atoms with E-state index in [1.165, 1.54) is 0 Å². The Kier molecular flexibility index (Phi) is 5.79. The molecule has 0 spiro atoms. The van der Waals surface area contributed by atoms with Gasteiger partial charge in [0.25, 0.3) is 0 Å². The van der Waals surface area contributed by atoms with Gasteiger partial charge in [-0.05, 0) is 12.2 Å². The SMILES string of the molecule is O=C(O)C1=CC(C(=O)O)(C(F)(F)F)C(C(=O)O)=CC1(C(=O)O)c1c(F)c(F)c(F)c(F)c1F. The molecular formula is C17H6F8O8. The molecule has 0 fully saturated rings. The molecule has 0 saturated heterocycles. The quantitative estimate of drug-likeness (QED) is 0.279. The molecule has 2 atom stereocenters. The van der Waals surface area contributed by atoms with E-state index in [0.29, 0.717) is 0 Å². The van der Waals surface area contributed by atoms with Crippen molar-refractivity contribution < 1.29 is 74.7 Å². The number of hydrogen-bond acceptors (Lipinski definition) is 4. The van der Waals surface area contributed by atoms with Gasteiger partial charge in [-0.1, -0.05) is 0 Å². The van der Waals surface area contributed by atoms with Gasteiger partial charge in [0.2, 0.25) is 11.2 Å². The molecule has 1 aliphatic rings. The minimum atomic E-state index is -6.19. The van der Waals surface area contributed by atoms with Gasteiger partial charge in [0.1, 0.15) is 5.41 Å². The van der Waals surface area contributed by atoms with Crippen LogP contribution < -0.4 is 0 Å². The fourth-order valence-corrected chi connectivity index (χ4v) is 3.25. The second-order valence-corrected chi connectivity index (χ2v) is 6.40. The number of carbonyl (C=O) groups is 4. The van der Waals surface area contributed by atoms with Crippen LogP contribution in [0.3, 0.4) is 0 Å². The van der Waals surface area contributed by atoms with Crippen molar-refractivity contribution in [2.75, 3.05) is 0 Å². The summed E-state index contributed by atoms with van der Waals surface area (Å²) < 4.78 is 111. The van der Waals surface area contributed by atoms with Gasteiger partial charge in [0.15, 0.2) is 23.3 Å². The minimum Gasteiger partial charge on any atom is -0.480 e. The summed E-state index contributed by atoms with van der Waals surface area (Å²) in [5, 5.41) is 37.1. The molecule has 0 bridgehead atoms. The molecule has 33 heavy (non-hydrogen) atoms. The Bertz CT molecular complexity index is 1160. The summed E-state index contributed by atoms with van der Waals surface area (Å²) in [6, 6.07) is 0. The molecule has 8 nitrogen and oxygen atoms in total. The summed E-state index contributed by atoms with van der Waals surface area (Å²) in [4.78, 5) is 46.6. The molecule has 2 unspecified atom stereocenters. The molecule has 0 aromatic heterocycles. The Balaban J connectivity index is 3.30. The average Bonchev–Trinajstić information content (AvgIpc) is 2.68. The van der Waals surface area contributed by atoms with Crippen molar-refractivity contribution in [3.63, 3.8) is 0 Å². The molecular weight excluding hydrogens is 484 g/mol. The molecule has 2 rings (SSSR count). The Hall–Kier alpha value is -3.98. The van der Waals surface area contributed by atoms with E-state index in [-0.39, 0.29) is 0 Å². The predicted molar refractivity (Wildman–Crippen MR) is 83.1 cm³/mol. The Labute approximate surface area is 174 Å². The van der Waals surface area contributed by atoms with Gasteiger partial charge in [-0.25, -0.2) is 31.5 Å². The summed E-state index contributed by atoms with van der Waals surface area (Å²) >= 11 is 0. The number of aliphatic carboxylic acids is 4. The molecule has 0 aliphatic heterocycles. The smallest absolute Gasteiger partial charge is 0.412 e. The third-order valence-electron chi connectivity index (χ3n) is 4.76. The lowest BCUT2D eigenvalue weighted by molar-refractivity contribution is -0.210. The topological polar surface area (TPSA) is 149 Å². The second-order valence-electron chi connectivity index (χ2n) is 6.40. The van der Waals surface area contributed by atoms with Crippen LogP contribution in [0, 0.1) is 34.5 Å². The minimum absolute atomic E-state index is 0.832. The van der Waals surface area contributed by atoms with Gasteiger partial charge in [-0.2, -0.15) is 13.2 Å². The van der Waals surface area contributed by atoms with E-state index in [0.717, 1.165) is 0 Å². The molecule has 1 aromatic rings. The molecule has 178 valence electrons. The number of rotatable bonds is 5. The maximum atomic E-state index is 14.4. The van der Waals surface area contributed by atoms with Gasteiger partial charge >= 0.3 is 30.1 Å². The lowest BCUT2D eigenvalue weighted by Gasteiger charge is -2.39. The van der Waals surface area contributed by atoms with Crippen LogP contribution in [0.1, 0.15) is 5.56 Å². The lowest BCUT2D eigenvalue weighted by atomic mass is 9.62. The lowest BCUT2D eigenvalue weighted by Crippen LogP contribution is -2.54. The van der Waals surface area contributed by atoms with Crippen LogP contribution in [0.15, 0.2) is 23.3 Å². The van der Waals surface area contributed by atoms with Crippen molar-refractivity contribution in [1.82, 2.24) is 0 Å². The van der Waals surface area contributed by atoms with Crippen LogP contribution in [0.25, 0.3) is 0 Å².